The summed E-state index contributed by atoms with van der Waals surface area (Å²) in [7, 11) is 0. The second kappa shape index (κ2) is 7.29. The quantitative estimate of drug-likeness (QED) is 0.669. The summed E-state index contributed by atoms with van der Waals surface area (Å²) in [6.45, 7) is 5.52. The molecule has 0 bridgehead atoms. The summed E-state index contributed by atoms with van der Waals surface area (Å²) >= 11 is 0. The smallest absolute Gasteiger partial charge is 0.228 e. The van der Waals surface area contributed by atoms with Gasteiger partial charge in [-0.15, -0.1) is 0 Å². The van der Waals surface area contributed by atoms with E-state index >= 15 is 0 Å². The van der Waals surface area contributed by atoms with E-state index in [1.54, 1.807) is 19.1 Å². The van der Waals surface area contributed by atoms with Crippen molar-refractivity contribution < 1.29 is 8.91 Å². The van der Waals surface area contributed by atoms with E-state index in [0.29, 0.717) is 30.6 Å². The summed E-state index contributed by atoms with van der Waals surface area (Å²) in [5, 5.41) is 3.74. The molecular weight excluding hydrogens is 311 g/mol. The van der Waals surface area contributed by atoms with Gasteiger partial charge in [-0.3, -0.25) is 4.99 Å². The van der Waals surface area contributed by atoms with Crippen LogP contribution in [-0.4, -0.2) is 53.7 Å². The van der Waals surface area contributed by atoms with Crippen molar-refractivity contribution in [1.82, 2.24) is 15.0 Å². The van der Waals surface area contributed by atoms with E-state index in [4.69, 9.17) is 10.3 Å². The van der Waals surface area contributed by atoms with Crippen LogP contribution in [-0.2, 0) is 6.42 Å². The lowest BCUT2D eigenvalue weighted by Crippen LogP contribution is -2.51. The molecule has 0 radical (unpaired) electrons. The van der Waals surface area contributed by atoms with Gasteiger partial charge in [0, 0.05) is 38.3 Å². The molecule has 0 amide bonds. The highest BCUT2D eigenvalue weighted by molar-refractivity contribution is 5.78. The summed E-state index contributed by atoms with van der Waals surface area (Å²) < 4.78 is 18.0. The average molecular weight is 332 g/mol. The molecule has 2 heterocycles. The minimum absolute atomic E-state index is 0.217. The monoisotopic (exact) mass is 332 g/mol. The van der Waals surface area contributed by atoms with Gasteiger partial charge in [-0.1, -0.05) is 5.16 Å². The van der Waals surface area contributed by atoms with Crippen molar-refractivity contribution in [1.29, 1.82) is 0 Å². The molecule has 0 atom stereocenters. The second-order valence-electron chi connectivity index (χ2n) is 5.68. The molecule has 0 spiro atoms. The van der Waals surface area contributed by atoms with Gasteiger partial charge in [0.1, 0.15) is 5.82 Å². The first-order valence-corrected chi connectivity index (χ1v) is 7.96. The fourth-order valence-corrected chi connectivity index (χ4v) is 2.65. The van der Waals surface area contributed by atoms with Crippen LogP contribution in [0.1, 0.15) is 11.7 Å². The van der Waals surface area contributed by atoms with Crippen molar-refractivity contribution in [3.05, 3.63) is 41.8 Å². The molecule has 128 valence electrons. The number of aromatic nitrogens is 2. The van der Waals surface area contributed by atoms with Gasteiger partial charge in [0.05, 0.1) is 6.54 Å². The summed E-state index contributed by atoms with van der Waals surface area (Å²) in [6.07, 6.45) is 0.580. The third-order valence-electron chi connectivity index (χ3n) is 3.96. The van der Waals surface area contributed by atoms with Gasteiger partial charge in [0.2, 0.25) is 5.89 Å². The molecule has 1 aliphatic rings. The highest BCUT2D eigenvalue weighted by atomic mass is 19.1. The standard InChI is InChI=1S/C16H21FN6O/c1-12-20-15(24-21-12)6-7-19-16(18)23-10-8-22(9-11-23)14-4-2-13(17)3-5-14/h2-5H,6-11H2,1H3,(H2,18,19). The van der Waals surface area contributed by atoms with Gasteiger partial charge in [-0.25, -0.2) is 4.39 Å². The molecule has 0 unspecified atom stereocenters. The Hall–Kier alpha value is -2.64. The fraction of sp³-hybridized carbons (Fsp3) is 0.438. The van der Waals surface area contributed by atoms with Crippen LogP contribution in [0, 0.1) is 12.7 Å². The lowest BCUT2D eigenvalue weighted by molar-refractivity contribution is 0.372. The molecule has 2 N–H and O–H groups in total. The highest BCUT2D eigenvalue weighted by Gasteiger charge is 2.18. The minimum Gasteiger partial charge on any atom is -0.370 e. The molecule has 1 aliphatic heterocycles. The molecule has 1 aromatic carbocycles. The summed E-state index contributed by atoms with van der Waals surface area (Å²) in [5.74, 6) is 1.51. The first-order valence-electron chi connectivity index (χ1n) is 7.96. The third-order valence-corrected chi connectivity index (χ3v) is 3.96. The zero-order valence-corrected chi connectivity index (χ0v) is 13.7. The van der Waals surface area contributed by atoms with E-state index in [1.807, 2.05) is 0 Å². The van der Waals surface area contributed by atoms with E-state index < -0.39 is 0 Å². The molecular formula is C16H21FN6O. The van der Waals surface area contributed by atoms with Gasteiger partial charge in [0.15, 0.2) is 11.8 Å². The number of guanidine groups is 1. The van der Waals surface area contributed by atoms with Crippen molar-refractivity contribution in [3.63, 3.8) is 0 Å². The number of halogens is 1. The Bertz CT molecular complexity index is 691. The Balaban J connectivity index is 1.48. The maximum absolute atomic E-state index is 13.0. The zero-order chi connectivity index (χ0) is 16.9. The van der Waals surface area contributed by atoms with Crippen LogP contribution in [0.4, 0.5) is 10.1 Å². The van der Waals surface area contributed by atoms with Crippen LogP contribution < -0.4 is 10.6 Å². The fourth-order valence-electron chi connectivity index (χ4n) is 2.65. The predicted molar refractivity (Wildman–Crippen MR) is 89.4 cm³/mol. The highest BCUT2D eigenvalue weighted by Crippen LogP contribution is 2.16. The minimum atomic E-state index is -0.217. The number of hydrogen-bond acceptors (Lipinski definition) is 5. The lowest BCUT2D eigenvalue weighted by Gasteiger charge is -2.36. The zero-order valence-electron chi connectivity index (χ0n) is 13.7. The van der Waals surface area contributed by atoms with E-state index in [1.165, 1.54) is 12.1 Å². The normalized spacial score (nSPS) is 15.8. The van der Waals surface area contributed by atoms with Gasteiger partial charge >= 0.3 is 0 Å². The van der Waals surface area contributed by atoms with Gasteiger partial charge in [0.25, 0.3) is 0 Å². The van der Waals surface area contributed by atoms with Crippen LogP contribution in [0.3, 0.4) is 0 Å². The molecule has 2 aromatic rings. The Kier molecular flexibility index (Phi) is 4.93. The second-order valence-corrected chi connectivity index (χ2v) is 5.68. The van der Waals surface area contributed by atoms with Gasteiger partial charge < -0.3 is 20.1 Å². The van der Waals surface area contributed by atoms with Crippen LogP contribution in [0.25, 0.3) is 0 Å². The Morgan fingerprint density at radius 2 is 1.96 bits per heavy atom. The number of nitrogens with zero attached hydrogens (tertiary/aromatic N) is 5. The van der Waals surface area contributed by atoms with Crippen LogP contribution in [0.5, 0.6) is 0 Å². The number of anilines is 1. The molecule has 0 aliphatic carbocycles. The number of aryl methyl sites for hydroxylation is 1. The maximum Gasteiger partial charge on any atom is 0.228 e. The summed E-state index contributed by atoms with van der Waals surface area (Å²) in [4.78, 5) is 12.8. The number of benzene rings is 1. The molecule has 8 heteroatoms. The molecule has 7 nitrogen and oxygen atoms in total. The third kappa shape index (κ3) is 4.01. The van der Waals surface area contributed by atoms with Crippen LogP contribution in [0.15, 0.2) is 33.8 Å². The van der Waals surface area contributed by atoms with Crippen molar-refractivity contribution in [2.24, 2.45) is 10.7 Å². The number of rotatable bonds is 4. The first kappa shape index (κ1) is 16.2. The largest absolute Gasteiger partial charge is 0.370 e. The van der Waals surface area contributed by atoms with Crippen molar-refractivity contribution in [2.75, 3.05) is 37.6 Å². The van der Waals surface area contributed by atoms with Crippen molar-refractivity contribution >= 4 is 11.6 Å². The number of piperazine rings is 1. The van der Waals surface area contributed by atoms with E-state index in [-0.39, 0.29) is 5.82 Å². The molecule has 1 saturated heterocycles. The molecule has 24 heavy (non-hydrogen) atoms. The van der Waals surface area contributed by atoms with E-state index in [0.717, 1.165) is 31.9 Å². The van der Waals surface area contributed by atoms with Crippen LogP contribution >= 0.6 is 0 Å². The number of aliphatic imine (C=N–C) groups is 1. The Morgan fingerprint density at radius 1 is 1.25 bits per heavy atom. The first-order chi connectivity index (χ1) is 11.6. The number of nitrogens with two attached hydrogens (primary N) is 1. The average Bonchev–Trinajstić information content (AvgIpc) is 3.01. The van der Waals surface area contributed by atoms with E-state index in [9.17, 15) is 4.39 Å². The summed E-state index contributed by atoms with van der Waals surface area (Å²) in [6, 6.07) is 6.57. The summed E-state index contributed by atoms with van der Waals surface area (Å²) in [5.41, 5.74) is 7.09. The molecule has 1 aromatic heterocycles. The Labute approximate surface area is 140 Å². The predicted octanol–water partition coefficient (Wildman–Crippen LogP) is 1.20. The maximum atomic E-state index is 13.0. The molecule has 1 fully saturated rings. The Morgan fingerprint density at radius 3 is 2.58 bits per heavy atom. The van der Waals surface area contributed by atoms with E-state index in [2.05, 4.69) is 24.9 Å². The van der Waals surface area contributed by atoms with Crippen LogP contribution in [0.2, 0.25) is 0 Å². The van der Waals surface area contributed by atoms with Gasteiger partial charge in [-0.2, -0.15) is 4.98 Å². The van der Waals surface area contributed by atoms with Crippen molar-refractivity contribution in [2.45, 2.75) is 13.3 Å². The van der Waals surface area contributed by atoms with Gasteiger partial charge in [-0.05, 0) is 31.2 Å². The topological polar surface area (TPSA) is 83.8 Å². The SMILES string of the molecule is Cc1noc(CCN=C(N)N2CCN(c3ccc(F)cc3)CC2)n1. The number of hydrogen-bond donors (Lipinski definition) is 1. The lowest BCUT2D eigenvalue weighted by atomic mass is 10.2. The van der Waals surface area contributed by atoms with Crippen molar-refractivity contribution in [3.8, 4) is 0 Å². The molecule has 3 rings (SSSR count). The molecule has 0 saturated carbocycles.